The molecule has 3 heterocycles. The lowest BCUT2D eigenvalue weighted by atomic mass is 10.1. The van der Waals surface area contributed by atoms with Gasteiger partial charge in [-0.15, -0.1) is 0 Å². The van der Waals surface area contributed by atoms with Gasteiger partial charge in [0.05, 0.1) is 26.2 Å². The molecule has 0 unspecified atom stereocenters. The molecule has 2 aromatic heterocycles. The van der Waals surface area contributed by atoms with E-state index in [9.17, 15) is 47.9 Å². The Morgan fingerprint density at radius 1 is 0.762 bits per heavy atom. The van der Waals surface area contributed by atoms with Crippen LogP contribution in [0.25, 0.3) is 11.1 Å². The van der Waals surface area contributed by atoms with E-state index in [1.165, 1.54) is 0 Å². The number of hydrogen-bond donors (Lipinski definition) is 4. The summed E-state index contributed by atoms with van der Waals surface area (Å²) in [5.74, 6) is -3.39. The zero-order chi connectivity index (χ0) is 31.8. The number of esters is 3. The van der Waals surface area contributed by atoms with Crippen molar-refractivity contribution in [2.45, 2.75) is 46.5 Å². The molecule has 1 aliphatic heterocycles. The molecule has 228 valence electrons. The number of ketones is 1. The molecule has 0 saturated carbocycles. The molecule has 0 aromatic carbocycles. The Labute approximate surface area is 235 Å². The van der Waals surface area contributed by atoms with Gasteiger partial charge in [0.15, 0.2) is 5.78 Å². The van der Waals surface area contributed by atoms with Crippen molar-refractivity contribution in [3.63, 3.8) is 0 Å². The Morgan fingerprint density at radius 3 is 1.74 bits per heavy atom. The zero-order valence-corrected chi connectivity index (χ0v) is 22.7. The Kier molecular flexibility index (Phi) is 14.3. The maximum Gasteiger partial charge on any atom is 0.337 e. The molecule has 0 atom stereocenters. The van der Waals surface area contributed by atoms with E-state index in [0.717, 1.165) is 6.07 Å². The number of aromatic amines is 2. The third-order valence-electron chi connectivity index (χ3n) is 4.48. The van der Waals surface area contributed by atoms with Gasteiger partial charge >= 0.3 is 35.3 Å². The van der Waals surface area contributed by atoms with Crippen LogP contribution in [0.15, 0.2) is 24.9 Å². The van der Waals surface area contributed by atoms with Crippen molar-refractivity contribution >= 4 is 52.6 Å². The van der Waals surface area contributed by atoms with Crippen LogP contribution in [0.1, 0.15) is 45.6 Å². The normalized spacial score (nSPS) is 11.9. The number of barbiturate groups is 1. The number of fused-ring (bicyclic) bond motifs is 1. The highest BCUT2D eigenvalue weighted by molar-refractivity contribution is 6.14. The van der Waals surface area contributed by atoms with Gasteiger partial charge in [0.25, 0.3) is 5.56 Å². The number of H-pyrrole nitrogens is 2. The summed E-state index contributed by atoms with van der Waals surface area (Å²) >= 11 is 0. The maximum atomic E-state index is 11.7. The number of imide groups is 2. The molecule has 4 N–H and O–H groups in total. The molecule has 4 amide bonds. The van der Waals surface area contributed by atoms with Gasteiger partial charge in [-0.25, -0.2) is 14.4 Å². The second kappa shape index (κ2) is 17.3. The lowest BCUT2D eigenvalue weighted by molar-refractivity contribution is -0.149. The van der Waals surface area contributed by atoms with Gasteiger partial charge in [0.1, 0.15) is 24.6 Å². The number of amides is 4. The van der Waals surface area contributed by atoms with Gasteiger partial charge in [0, 0.05) is 6.07 Å². The Bertz CT molecular complexity index is 1440. The SMILES string of the molecule is CCOC(=O)CC(=O)CC(=O)OCC.CCOC(=O)Cc1cc(=O)oc2[nH]c(=O)[nH]c(=O)c12.O=C1CC(=O)NC(=O)N1. The summed E-state index contributed by atoms with van der Waals surface area (Å²) < 4.78 is 18.5. The summed E-state index contributed by atoms with van der Waals surface area (Å²) in [6, 6.07) is 0.281. The van der Waals surface area contributed by atoms with Crippen LogP contribution in [-0.2, 0) is 49.4 Å². The second-order valence-corrected chi connectivity index (χ2v) is 7.79. The molecule has 1 fully saturated rings. The van der Waals surface area contributed by atoms with Crippen molar-refractivity contribution in [2.24, 2.45) is 0 Å². The summed E-state index contributed by atoms with van der Waals surface area (Å²) in [7, 11) is 0. The molecule has 0 aliphatic carbocycles. The van der Waals surface area contributed by atoms with Crippen LogP contribution in [0.4, 0.5) is 4.79 Å². The van der Waals surface area contributed by atoms with Crippen molar-refractivity contribution in [1.82, 2.24) is 20.6 Å². The monoisotopic (exact) mass is 596 g/mol. The molecule has 2 aromatic rings. The molecule has 0 spiro atoms. The predicted molar refractivity (Wildman–Crippen MR) is 138 cm³/mol. The number of nitrogens with one attached hydrogen (secondary N) is 4. The van der Waals surface area contributed by atoms with Gasteiger partial charge in [-0.3, -0.25) is 54.2 Å². The first-order valence-corrected chi connectivity index (χ1v) is 12.2. The molecule has 1 saturated heterocycles. The highest BCUT2D eigenvalue weighted by Gasteiger charge is 2.20. The third kappa shape index (κ3) is 12.6. The van der Waals surface area contributed by atoms with Crippen LogP contribution < -0.4 is 27.5 Å². The number of rotatable bonds is 9. The van der Waals surface area contributed by atoms with Gasteiger partial charge in [-0.2, -0.15) is 0 Å². The standard InChI is InChI=1S/C11H10N2O6.C9H14O5.C4H4N2O3/c1-2-18-6(14)3-5-4-7(15)19-10-8(5)9(16)12-11(17)13-10;1-3-13-8(11)5-7(10)6-9(12)14-4-2;7-2-1-3(8)6-4(9)5-2/h4H,2-3H2,1H3,(H2,12,13,16,17);3-6H2,1-2H3;1H2,(H2,5,6,7,8,9). The van der Waals surface area contributed by atoms with Crippen molar-refractivity contribution in [3.8, 4) is 0 Å². The first-order valence-electron chi connectivity index (χ1n) is 12.2. The number of urea groups is 1. The van der Waals surface area contributed by atoms with Gasteiger partial charge in [-0.05, 0) is 26.3 Å². The second-order valence-electron chi connectivity index (χ2n) is 7.79. The molecule has 42 heavy (non-hydrogen) atoms. The molecule has 0 radical (unpaired) electrons. The van der Waals surface area contributed by atoms with Crippen LogP contribution in [0, 0.1) is 0 Å². The van der Waals surface area contributed by atoms with Crippen molar-refractivity contribution in [2.75, 3.05) is 19.8 Å². The summed E-state index contributed by atoms with van der Waals surface area (Å²) in [5, 5.41) is 3.75. The Balaban J connectivity index is 0.000000337. The smallest absolute Gasteiger partial charge is 0.337 e. The highest BCUT2D eigenvalue weighted by Crippen LogP contribution is 2.10. The number of hydrogen-bond acceptors (Lipinski definition) is 14. The zero-order valence-electron chi connectivity index (χ0n) is 22.7. The van der Waals surface area contributed by atoms with Gasteiger partial charge in [-0.1, -0.05) is 0 Å². The van der Waals surface area contributed by atoms with E-state index in [4.69, 9.17) is 9.15 Å². The van der Waals surface area contributed by atoms with Crippen LogP contribution in [0.5, 0.6) is 0 Å². The first kappa shape index (κ1) is 34.6. The minimum absolute atomic E-state index is 0.0488. The number of carbonyl (C=O) groups is 7. The van der Waals surface area contributed by atoms with E-state index in [0.29, 0.717) is 0 Å². The van der Waals surface area contributed by atoms with E-state index in [1.54, 1.807) is 20.8 Å². The number of carbonyl (C=O) groups excluding carboxylic acids is 7. The average Bonchev–Trinajstić information content (AvgIpc) is 2.83. The quantitative estimate of drug-likeness (QED) is 0.145. The molecule has 0 bridgehead atoms. The van der Waals surface area contributed by atoms with Crippen LogP contribution in [-0.4, -0.2) is 71.3 Å². The summed E-state index contributed by atoms with van der Waals surface area (Å²) in [6.45, 7) is 5.57. The largest absolute Gasteiger partial charge is 0.466 e. The van der Waals surface area contributed by atoms with E-state index in [1.807, 2.05) is 15.6 Å². The van der Waals surface area contributed by atoms with Crippen LogP contribution in [0.3, 0.4) is 0 Å². The summed E-state index contributed by atoms with van der Waals surface area (Å²) in [6.07, 6.45) is -1.25. The van der Waals surface area contributed by atoms with Crippen molar-refractivity contribution in [1.29, 1.82) is 0 Å². The predicted octanol–water partition coefficient (Wildman–Crippen LogP) is -1.52. The van der Waals surface area contributed by atoms with E-state index in [-0.39, 0.29) is 62.2 Å². The molecular formula is C24H28N4O14. The number of Topliss-reactive ketones (excluding diaryl/α,β-unsaturated/α-hetero) is 1. The lowest BCUT2D eigenvalue weighted by Crippen LogP contribution is -2.49. The minimum atomic E-state index is -0.797. The average molecular weight is 597 g/mol. The fourth-order valence-electron chi connectivity index (χ4n) is 3.01. The summed E-state index contributed by atoms with van der Waals surface area (Å²) in [5.41, 5.74) is -2.42. The summed E-state index contributed by atoms with van der Waals surface area (Å²) in [4.78, 5) is 113. The fourth-order valence-corrected chi connectivity index (χ4v) is 3.01. The number of aromatic nitrogens is 2. The topological polar surface area (TPSA) is 267 Å². The molecule has 18 heteroatoms. The molecule has 1 aliphatic rings. The third-order valence-corrected chi connectivity index (χ3v) is 4.48. The van der Waals surface area contributed by atoms with Gasteiger partial charge < -0.3 is 18.6 Å². The van der Waals surface area contributed by atoms with Crippen LogP contribution >= 0.6 is 0 Å². The van der Waals surface area contributed by atoms with E-state index >= 15 is 0 Å². The molecule has 3 rings (SSSR count). The molecular weight excluding hydrogens is 568 g/mol. The van der Waals surface area contributed by atoms with Gasteiger partial charge in [0.2, 0.25) is 17.5 Å². The Morgan fingerprint density at radius 2 is 1.26 bits per heavy atom. The highest BCUT2D eigenvalue weighted by atomic mass is 16.5. The fraction of sp³-hybridized carbons (Fsp3) is 0.417. The van der Waals surface area contributed by atoms with Crippen molar-refractivity contribution < 1.29 is 52.2 Å². The number of ether oxygens (including phenoxy) is 3. The molecule has 18 nitrogen and oxygen atoms in total. The maximum absolute atomic E-state index is 11.7. The van der Waals surface area contributed by atoms with E-state index < -0.39 is 58.4 Å². The first-order chi connectivity index (χ1) is 19.8. The minimum Gasteiger partial charge on any atom is -0.466 e. The van der Waals surface area contributed by atoms with Crippen LogP contribution in [0.2, 0.25) is 0 Å². The van der Waals surface area contributed by atoms with E-state index in [2.05, 4.69) is 14.5 Å². The lowest BCUT2D eigenvalue weighted by Gasteiger charge is -2.09. The van der Waals surface area contributed by atoms with Crippen molar-refractivity contribution in [3.05, 3.63) is 42.9 Å². The Hall–Kier alpha value is -5.42.